The predicted octanol–water partition coefficient (Wildman–Crippen LogP) is 8.01. The fourth-order valence-electron chi connectivity index (χ4n) is 5.21. The van der Waals surface area contributed by atoms with Crippen molar-refractivity contribution >= 4 is 57.1 Å². The molecule has 1 atom stereocenters. The topological polar surface area (TPSA) is 40.6 Å². The number of carbonyl (C=O) groups is 2. The molecule has 196 valence electrons. The van der Waals surface area contributed by atoms with Crippen LogP contribution in [0.2, 0.25) is 10.0 Å². The first-order valence-corrected chi connectivity index (χ1v) is 14.7. The Hall–Kier alpha value is -2.86. The lowest BCUT2D eigenvalue weighted by Crippen LogP contribution is -2.47. The van der Waals surface area contributed by atoms with Crippen molar-refractivity contribution < 1.29 is 9.59 Å². The zero-order valence-corrected chi connectivity index (χ0v) is 23.7. The number of unbranched alkanes of at least 4 members (excludes halogenated alkanes) is 2. The third-order valence-corrected chi connectivity index (χ3v) is 8.74. The van der Waals surface area contributed by atoms with Crippen LogP contribution in [0.4, 0.5) is 0 Å². The molecular weight excluding hydrogens is 535 g/mol. The lowest BCUT2D eigenvalue weighted by molar-refractivity contribution is -0.134. The van der Waals surface area contributed by atoms with Crippen LogP contribution in [-0.2, 0) is 11.2 Å². The number of amides is 2. The third kappa shape index (κ3) is 5.61. The molecule has 38 heavy (non-hydrogen) atoms. The number of halogens is 2. The maximum Gasteiger partial charge on any atom is 0.254 e. The molecule has 0 aliphatic carbocycles. The summed E-state index contributed by atoms with van der Waals surface area (Å²) in [6.07, 6.45) is 3.68. The summed E-state index contributed by atoms with van der Waals surface area (Å²) in [6, 6.07) is 20.9. The lowest BCUT2D eigenvalue weighted by Gasteiger charge is -2.38. The van der Waals surface area contributed by atoms with E-state index in [1.807, 2.05) is 59.5 Å². The molecule has 0 bridgehead atoms. The fourth-order valence-corrected chi connectivity index (χ4v) is 6.62. The van der Waals surface area contributed by atoms with Crippen LogP contribution in [0, 0.1) is 0 Å². The van der Waals surface area contributed by atoms with Gasteiger partial charge in [0.05, 0.1) is 6.04 Å². The normalized spacial score (nSPS) is 14.9. The van der Waals surface area contributed by atoms with Crippen LogP contribution in [0.1, 0.15) is 58.6 Å². The van der Waals surface area contributed by atoms with Crippen molar-refractivity contribution in [1.29, 1.82) is 0 Å². The van der Waals surface area contributed by atoms with E-state index in [-0.39, 0.29) is 24.4 Å². The zero-order chi connectivity index (χ0) is 26.6. The maximum absolute atomic E-state index is 13.9. The van der Waals surface area contributed by atoms with Crippen LogP contribution in [0.5, 0.6) is 0 Å². The van der Waals surface area contributed by atoms with Gasteiger partial charge in [-0.05, 0) is 70.5 Å². The number of carbonyl (C=O) groups excluding carboxylic acids is 2. The van der Waals surface area contributed by atoms with Gasteiger partial charge in [-0.15, -0.1) is 11.3 Å². The Labute approximate surface area is 237 Å². The second-order valence-electron chi connectivity index (χ2n) is 9.70. The Kier molecular flexibility index (Phi) is 8.37. The summed E-state index contributed by atoms with van der Waals surface area (Å²) in [6.45, 7) is 3.27. The highest BCUT2D eigenvalue weighted by Crippen LogP contribution is 2.41. The van der Waals surface area contributed by atoms with Gasteiger partial charge in [0, 0.05) is 33.6 Å². The van der Waals surface area contributed by atoms with E-state index >= 15 is 0 Å². The van der Waals surface area contributed by atoms with Crippen LogP contribution in [0.25, 0.3) is 10.8 Å². The van der Waals surface area contributed by atoms with Crippen molar-refractivity contribution in [2.24, 2.45) is 0 Å². The third-order valence-electron chi connectivity index (χ3n) is 7.18. The minimum Gasteiger partial charge on any atom is -0.330 e. The monoisotopic (exact) mass is 564 g/mol. The quantitative estimate of drug-likeness (QED) is 0.203. The maximum atomic E-state index is 13.9. The van der Waals surface area contributed by atoms with Gasteiger partial charge in [0.15, 0.2) is 0 Å². The number of fused-ring (bicyclic) bond motifs is 2. The second kappa shape index (κ2) is 11.9. The first kappa shape index (κ1) is 26.7. The number of hydrogen-bond donors (Lipinski definition) is 0. The molecule has 4 nitrogen and oxygen atoms in total. The highest BCUT2D eigenvalue weighted by Gasteiger charge is 2.35. The molecule has 0 unspecified atom stereocenters. The standard InChI is InChI=1S/C31H30Cl2N2O2S/c1-2-3-6-15-34(31(37)23-10-9-21-7-4-5-8-22(21)18-23)20-29(36)35-16-13-28-26(14-17-38-28)30(35)25-12-11-24(32)19-27(25)33/h4-5,7-12,14,17-19,30H,2-3,6,13,15-16,20H2,1H3/t30-/m1/s1. The first-order chi connectivity index (χ1) is 18.5. The van der Waals surface area contributed by atoms with Crippen LogP contribution < -0.4 is 0 Å². The van der Waals surface area contributed by atoms with Gasteiger partial charge in [0.1, 0.15) is 6.54 Å². The molecule has 3 aromatic carbocycles. The van der Waals surface area contributed by atoms with E-state index in [0.29, 0.717) is 28.7 Å². The van der Waals surface area contributed by atoms with Crippen LogP contribution in [0.15, 0.2) is 72.1 Å². The van der Waals surface area contributed by atoms with Gasteiger partial charge in [-0.1, -0.05) is 79.4 Å². The molecule has 5 rings (SSSR count). The molecule has 0 radical (unpaired) electrons. The minimum absolute atomic E-state index is 0.0244. The number of rotatable bonds is 8. The van der Waals surface area contributed by atoms with E-state index < -0.39 is 0 Å². The van der Waals surface area contributed by atoms with Gasteiger partial charge in [0.25, 0.3) is 5.91 Å². The smallest absolute Gasteiger partial charge is 0.254 e. The molecule has 2 heterocycles. The van der Waals surface area contributed by atoms with E-state index in [4.69, 9.17) is 23.2 Å². The average Bonchev–Trinajstić information content (AvgIpc) is 3.41. The van der Waals surface area contributed by atoms with E-state index in [1.54, 1.807) is 22.3 Å². The Morgan fingerprint density at radius 2 is 1.79 bits per heavy atom. The Morgan fingerprint density at radius 1 is 0.974 bits per heavy atom. The minimum atomic E-state index is -0.310. The summed E-state index contributed by atoms with van der Waals surface area (Å²) in [5.74, 6) is -0.196. The molecule has 0 saturated carbocycles. The van der Waals surface area contributed by atoms with Crippen LogP contribution >= 0.6 is 34.5 Å². The van der Waals surface area contributed by atoms with E-state index in [2.05, 4.69) is 18.4 Å². The highest BCUT2D eigenvalue weighted by molar-refractivity contribution is 7.10. The van der Waals surface area contributed by atoms with Gasteiger partial charge in [-0.3, -0.25) is 9.59 Å². The van der Waals surface area contributed by atoms with Gasteiger partial charge in [0.2, 0.25) is 5.91 Å². The molecule has 4 aromatic rings. The summed E-state index contributed by atoms with van der Waals surface area (Å²) in [4.78, 5) is 32.5. The van der Waals surface area contributed by atoms with Gasteiger partial charge < -0.3 is 9.80 Å². The van der Waals surface area contributed by atoms with Gasteiger partial charge >= 0.3 is 0 Å². The van der Waals surface area contributed by atoms with Crippen molar-refractivity contribution in [3.8, 4) is 0 Å². The molecule has 7 heteroatoms. The second-order valence-corrected chi connectivity index (χ2v) is 11.5. The summed E-state index contributed by atoms with van der Waals surface area (Å²) >= 11 is 14.5. The molecule has 0 saturated heterocycles. The lowest BCUT2D eigenvalue weighted by atomic mass is 9.93. The zero-order valence-electron chi connectivity index (χ0n) is 21.3. The molecule has 0 spiro atoms. The molecule has 1 aliphatic heterocycles. The SMILES string of the molecule is CCCCCN(CC(=O)N1CCc2sccc2[C@H]1c1ccc(Cl)cc1Cl)C(=O)c1ccc2ccccc2c1. The molecule has 2 amide bonds. The van der Waals surface area contributed by atoms with Crippen molar-refractivity contribution in [3.63, 3.8) is 0 Å². The fraction of sp³-hybridized carbons (Fsp3) is 0.290. The van der Waals surface area contributed by atoms with Crippen LogP contribution in [-0.4, -0.2) is 41.2 Å². The number of benzene rings is 3. The van der Waals surface area contributed by atoms with Crippen molar-refractivity contribution in [3.05, 3.63) is 104 Å². The number of nitrogens with zero attached hydrogens (tertiary/aromatic N) is 2. The van der Waals surface area contributed by atoms with Crippen molar-refractivity contribution in [2.75, 3.05) is 19.6 Å². The average molecular weight is 566 g/mol. The van der Waals surface area contributed by atoms with E-state index in [1.165, 1.54) is 4.88 Å². The first-order valence-electron chi connectivity index (χ1n) is 13.0. The van der Waals surface area contributed by atoms with Crippen molar-refractivity contribution in [2.45, 2.75) is 38.6 Å². The number of hydrogen-bond acceptors (Lipinski definition) is 3. The van der Waals surface area contributed by atoms with Crippen molar-refractivity contribution in [1.82, 2.24) is 9.80 Å². The Balaban J connectivity index is 1.44. The summed E-state index contributed by atoms with van der Waals surface area (Å²) in [5, 5.41) is 5.25. The summed E-state index contributed by atoms with van der Waals surface area (Å²) in [7, 11) is 0. The molecule has 1 aliphatic rings. The molecule has 0 N–H and O–H groups in total. The largest absolute Gasteiger partial charge is 0.330 e. The summed E-state index contributed by atoms with van der Waals surface area (Å²) < 4.78 is 0. The van der Waals surface area contributed by atoms with Gasteiger partial charge in [-0.2, -0.15) is 0 Å². The predicted molar refractivity (Wildman–Crippen MR) is 157 cm³/mol. The highest BCUT2D eigenvalue weighted by atomic mass is 35.5. The molecule has 0 fully saturated rings. The van der Waals surface area contributed by atoms with E-state index in [9.17, 15) is 9.59 Å². The molecule has 1 aromatic heterocycles. The Bertz CT molecular complexity index is 1470. The molecular formula is C31H30Cl2N2O2S. The van der Waals surface area contributed by atoms with Crippen LogP contribution in [0.3, 0.4) is 0 Å². The Morgan fingerprint density at radius 3 is 2.58 bits per heavy atom. The van der Waals surface area contributed by atoms with E-state index in [0.717, 1.165) is 47.6 Å². The van der Waals surface area contributed by atoms with Gasteiger partial charge in [-0.25, -0.2) is 0 Å². The summed E-state index contributed by atoms with van der Waals surface area (Å²) in [5.41, 5.74) is 2.54. The number of thiophene rings is 1.